The molecule has 2 aliphatic rings. The van der Waals surface area contributed by atoms with Gasteiger partial charge in [0.2, 0.25) is 0 Å². The molecule has 0 atom stereocenters. The number of carbonyl (C=O) groups is 2. The molecule has 9 heteroatoms. The number of aromatic nitrogens is 3. The van der Waals surface area contributed by atoms with Crippen molar-refractivity contribution in [1.29, 1.82) is 0 Å². The number of aliphatic hydroxyl groups is 1. The van der Waals surface area contributed by atoms with Gasteiger partial charge in [-0.1, -0.05) is 37.1 Å². The highest BCUT2D eigenvalue weighted by Crippen LogP contribution is 2.27. The second-order valence-electron chi connectivity index (χ2n) is 11.0. The van der Waals surface area contributed by atoms with Gasteiger partial charge in [-0.05, 0) is 73.2 Å². The molecule has 0 unspecified atom stereocenters. The van der Waals surface area contributed by atoms with E-state index in [1.54, 1.807) is 29.3 Å². The molecule has 40 heavy (non-hydrogen) atoms. The molecule has 1 saturated heterocycles. The van der Waals surface area contributed by atoms with Crippen molar-refractivity contribution in [1.82, 2.24) is 24.4 Å². The zero-order chi connectivity index (χ0) is 27.7. The Morgan fingerprint density at radius 2 is 1.62 bits per heavy atom. The molecule has 206 valence electrons. The lowest BCUT2D eigenvalue weighted by molar-refractivity contribution is -0.0300. The SMILES string of the molecule is O=C(NC1CCCC1)c1cccc(-c2cccc(C(=O)N3CCC(O)(Cn4cnn5cccc5c4=O)CC3)c2)c1. The molecule has 0 bridgehead atoms. The van der Waals surface area contributed by atoms with Crippen molar-refractivity contribution in [3.8, 4) is 11.1 Å². The molecule has 2 fully saturated rings. The number of benzene rings is 2. The minimum atomic E-state index is -1.10. The molecular weight excluding hydrogens is 506 g/mol. The lowest BCUT2D eigenvalue weighted by Gasteiger charge is -2.38. The van der Waals surface area contributed by atoms with E-state index in [9.17, 15) is 19.5 Å². The van der Waals surface area contributed by atoms with Crippen LogP contribution in [-0.2, 0) is 6.54 Å². The van der Waals surface area contributed by atoms with E-state index in [4.69, 9.17) is 0 Å². The number of nitrogens with one attached hydrogen (secondary N) is 1. The fourth-order valence-electron chi connectivity index (χ4n) is 5.87. The molecule has 2 N–H and O–H groups in total. The van der Waals surface area contributed by atoms with Gasteiger partial charge >= 0.3 is 0 Å². The Morgan fingerprint density at radius 3 is 2.35 bits per heavy atom. The Labute approximate surface area is 232 Å². The molecule has 3 heterocycles. The number of piperidine rings is 1. The minimum absolute atomic E-state index is 0.0618. The summed E-state index contributed by atoms with van der Waals surface area (Å²) in [6.45, 7) is 0.889. The van der Waals surface area contributed by atoms with Gasteiger partial charge in [-0.3, -0.25) is 19.0 Å². The van der Waals surface area contributed by atoms with Crippen LogP contribution in [0, 0.1) is 0 Å². The highest BCUT2D eigenvalue weighted by molar-refractivity contribution is 5.97. The average molecular weight is 540 g/mol. The van der Waals surface area contributed by atoms with Crippen molar-refractivity contribution < 1.29 is 14.7 Å². The number of nitrogens with zero attached hydrogens (tertiary/aromatic N) is 4. The standard InChI is InChI=1S/C31H33N5O4/c37-28(33-26-10-1-2-11-26)24-8-3-6-22(18-24)23-7-4-9-25(19-23)29(38)34-16-13-31(40,14-17-34)20-35-21-32-36-15-5-12-27(36)30(35)39/h3-9,12,15,18-19,21,26,40H,1-2,10-11,13-14,16-17,20H2,(H,33,37). The van der Waals surface area contributed by atoms with Crippen molar-refractivity contribution in [2.45, 2.75) is 56.7 Å². The normalized spacial score (nSPS) is 17.3. The Kier molecular flexibility index (Phi) is 6.98. The third-order valence-corrected chi connectivity index (χ3v) is 8.23. The van der Waals surface area contributed by atoms with Crippen LogP contribution >= 0.6 is 0 Å². The number of amides is 2. The smallest absolute Gasteiger partial charge is 0.277 e. The summed E-state index contributed by atoms with van der Waals surface area (Å²) in [4.78, 5) is 40.7. The number of likely N-dealkylation sites (tertiary alicyclic amines) is 1. The van der Waals surface area contributed by atoms with Gasteiger partial charge in [0.15, 0.2) is 0 Å². The molecule has 0 spiro atoms. The Balaban J connectivity index is 1.12. The van der Waals surface area contributed by atoms with E-state index in [1.165, 1.54) is 15.4 Å². The van der Waals surface area contributed by atoms with Gasteiger partial charge in [0.1, 0.15) is 11.8 Å². The van der Waals surface area contributed by atoms with Gasteiger partial charge in [-0.15, -0.1) is 0 Å². The summed E-state index contributed by atoms with van der Waals surface area (Å²) in [7, 11) is 0. The molecule has 2 amide bonds. The van der Waals surface area contributed by atoms with Crippen LogP contribution < -0.4 is 10.9 Å². The summed E-state index contributed by atoms with van der Waals surface area (Å²) < 4.78 is 2.96. The van der Waals surface area contributed by atoms with Crippen molar-refractivity contribution >= 4 is 17.3 Å². The molecule has 1 aliphatic carbocycles. The van der Waals surface area contributed by atoms with E-state index >= 15 is 0 Å². The van der Waals surface area contributed by atoms with Crippen molar-refractivity contribution in [2.75, 3.05) is 13.1 Å². The van der Waals surface area contributed by atoms with Crippen LogP contribution in [0.5, 0.6) is 0 Å². The Hall–Kier alpha value is -4.24. The third kappa shape index (κ3) is 5.29. The number of rotatable bonds is 6. The first-order valence-electron chi connectivity index (χ1n) is 13.9. The van der Waals surface area contributed by atoms with Gasteiger partial charge < -0.3 is 15.3 Å². The topological polar surface area (TPSA) is 109 Å². The van der Waals surface area contributed by atoms with Gasteiger partial charge in [0.05, 0.1) is 12.1 Å². The van der Waals surface area contributed by atoms with Crippen LogP contribution in [-0.4, -0.2) is 60.7 Å². The van der Waals surface area contributed by atoms with E-state index in [0.29, 0.717) is 42.6 Å². The predicted molar refractivity (Wildman–Crippen MR) is 151 cm³/mol. The minimum Gasteiger partial charge on any atom is -0.388 e. The molecule has 0 radical (unpaired) electrons. The molecule has 1 aliphatic heterocycles. The zero-order valence-electron chi connectivity index (χ0n) is 22.3. The highest BCUT2D eigenvalue weighted by atomic mass is 16.3. The second-order valence-corrected chi connectivity index (χ2v) is 11.0. The van der Waals surface area contributed by atoms with Crippen LogP contribution in [0.2, 0.25) is 0 Å². The van der Waals surface area contributed by atoms with E-state index in [2.05, 4.69) is 10.4 Å². The van der Waals surface area contributed by atoms with E-state index in [-0.39, 0.29) is 30.0 Å². The van der Waals surface area contributed by atoms with Crippen molar-refractivity contribution in [2.24, 2.45) is 0 Å². The maximum absolute atomic E-state index is 13.4. The fraction of sp³-hybridized carbons (Fsp3) is 0.355. The predicted octanol–water partition coefficient (Wildman–Crippen LogP) is 3.50. The number of hydrogen-bond donors (Lipinski definition) is 2. The first kappa shape index (κ1) is 26.0. The van der Waals surface area contributed by atoms with E-state index in [0.717, 1.165) is 36.8 Å². The molecule has 9 nitrogen and oxygen atoms in total. The summed E-state index contributed by atoms with van der Waals surface area (Å²) >= 11 is 0. The summed E-state index contributed by atoms with van der Waals surface area (Å²) in [5.41, 5.74) is 2.06. The van der Waals surface area contributed by atoms with Crippen LogP contribution in [0.4, 0.5) is 0 Å². The number of carbonyl (C=O) groups excluding carboxylic acids is 2. The Morgan fingerprint density at radius 1 is 0.950 bits per heavy atom. The first-order chi connectivity index (χ1) is 19.4. The van der Waals surface area contributed by atoms with Crippen molar-refractivity contribution in [3.05, 3.63) is 94.7 Å². The first-order valence-corrected chi connectivity index (χ1v) is 13.9. The molecule has 2 aromatic heterocycles. The third-order valence-electron chi connectivity index (χ3n) is 8.23. The van der Waals surface area contributed by atoms with E-state index < -0.39 is 5.60 Å². The van der Waals surface area contributed by atoms with Crippen LogP contribution in [0.15, 0.2) is 78.0 Å². The molecule has 4 aromatic rings. The quantitative estimate of drug-likeness (QED) is 0.390. The van der Waals surface area contributed by atoms with Crippen LogP contribution in [0.3, 0.4) is 0 Å². The molecule has 1 saturated carbocycles. The second kappa shape index (κ2) is 10.7. The summed E-state index contributed by atoms with van der Waals surface area (Å²) in [6, 6.07) is 18.6. The maximum Gasteiger partial charge on any atom is 0.277 e. The number of fused-ring (bicyclic) bond motifs is 1. The molecule has 6 rings (SSSR count). The van der Waals surface area contributed by atoms with E-state index in [1.807, 2.05) is 42.5 Å². The average Bonchev–Trinajstić information content (AvgIpc) is 3.68. The molecular formula is C31H33N5O4. The maximum atomic E-state index is 13.4. The fourth-order valence-corrected chi connectivity index (χ4v) is 5.87. The van der Waals surface area contributed by atoms with Gasteiger partial charge in [-0.2, -0.15) is 5.10 Å². The highest BCUT2D eigenvalue weighted by Gasteiger charge is 2.35. The molecule has 2 aromatic carbocycles. The van der Waals surface area contributed by atoms with Crippen LogP contribution in [0.25, 0.3) is 16.6 Å². The van der Waals surface area contributed by atoms with Crippen LogP contribution in [0.1, 0.15) is 59.2 Å². The Bertz CT molecular complexity index is 1610. The van der Waals surface area contributed by atoms with Gasteiger partial charge in [-0.25, -0.2) is 4.52 Å². The monoisotopic (exact) mass is 539 g/mol. The zero-order valence-corrected chi connectivity index (χ0v) is 22.3. The largest absolute Gasteiger partial charge is 0.388 e. The van der Waals surface area contributed by atoms with Crippen molar-refractivity contribution in [3.63, 3.8) is 0 Å². The summed E-state index contributed by atoms with van der Waals surface area (Å²) in [5.74, 6) is -0.166. The summed E-state index contributed by atoms with van der Waals surface area (Å²) in [5, 5.41) is 18.6. The lowest BCUT2D eigenvalue weighted by atomic mass is 9.90. The number of hydrogen-bond acceptors (Lipinski definition) is 5. The lowest BCUT2D eigenvalue weighted by Crippen LogP contribution is -2.49. The van der Waals surface area contributed by atoms with Gasteiger partial charge in [0, 0.05) is 36.5 Å². The summed E-state index contributed by atoms with van der Waals surface area (Å²) in [6.07, 6.45) is 8.24. The van der Waals surface area contributed by atoms with Gasteiger partial charge in [0.25, 0.3) is 17.4 Å².